The summed E-state index contributed by atoms with van der Waals surface area (Å²) in [6.45, 7) is 1.71. The second-order valence-corrected chi connectivity index (χ2v) is 2.80. The van der Waals surface area contributed by atoms with Gasteiger partial charge in [0.1, 0.15) is 0 Å². The van der Waals surface area contributed by atoms with Crippen molar-refractivity contribution in [2.45, 2.75) is 13.0 Å². The molecule has 0 radical (unpaired) electrons. The summed E-state index contributed by atoms with van der Waals surface area (Å²) in [7, 11) is 0. The molecule has 1 unspecified atom stereocenters. The molecule has 0 aromatic carbocycles. The molecule has 4 heteroatoms. The van der Waals surface area contributed by atoms with Gasteiger partial charge in [-0.2, -0.15) is 0 Å². The zero-order valence-electron chi connectivity index (χ0n) is 7.82. The van der Waals surface area contributed by atoms with Crippen LogP contribution in [0.15, 0.2) is 18.3 Å². The molecule has 1 aromatic heterocycles. The second kappa shape index (κ2) is 4.28. The monoisotopic (exact) mass is 189 g/mol. The number of carbonyl (C=O) groups is 1. The molecule has 4 nitrogen and oxygen atoms in total. The molecule has 1 aromatic rings. The summed E-state index contributed by atoms with van der Waals surface area (Å²) in [6, 6.07) is 2.95. The summed E-state index contributed by atoms with van der Waals surface area (Å²) in [5.41, 5.74) is 6.11. The van der Waals surface area contributed by atoms with E-state index in [2.05, 4.69) is 16.2 Å². The van der Waals surface area contributed by atoms with Gasteiger partial charge in [0.2, 0.25) is 0 Å². The number of nitrogens with zero attached hydrogens (tertiary/aromatic N) is 1. The van der Waals surface area contributed by atoms with E-state index in [1.54, 1.807) is 19.1 Å². The van der Waals surface area contributed by atoms with Crippen molar-refractivity contribution < 1.29 is 4.79 Å². The van der Waals surface area contributed by atoms with Gasteiger partial charge in [-0.3, -0.25) is 4.79 Å². The maximum Gasteiger partial charge on any atom is 0.272 e. The molecule has 0 spiro atoms. The molecular formula is C10H11N3O. The van der Waals surface area contributed by atoms with Crippen molar-refractivity contribution >= 4 is 11.6 Å². The lowest BCUT2D eigenvalue weighted by Gasteiger charge is -2.07. The van der Waals surface area contributed by atoms with Gasteiger partial charge in [0.25, 0.3) is 5.91 Å². The molecule has 0 fully saturated rings. The van der Waals surface area contributed by atoms with Gasteiger partial charge < -0.3 is 11.1 Å². The van der Waals surface area contributed by atoms with E-state index in [4.69, 9.17) is 12.2 Å². The number of amides is 1. The van der Waals surface area contributed by atoms with E-state index in [0.29, 0.717) is 5.69 Å². The fraction of sp³-hybridized carbons (Fsp3) is 0.200. The van der Waals surface area contributed by atoms with Crippen LogP contribution < -0.4 is 11.1 Å². The van der Waals surface area contributed by atoms with E-state index in [1.165, 1.54) is 6.20 Å². The van der Waals surface area contributed by atoms with Gasteiger partial charge in [-0.05, 0) is 19.1 Å². The summed E-state index contributed by atoms with van der Waals surface area (Å²) >= 11 is 0. The number of pyridine rings is 1. The molecule has 0 saturated carbocycles. The lowest BCUT2D eigenvalue weighted by Crippen LogP contribution is -2.32. The fourth-order valence-electron chi connectivity index (χ4n) is 0.914. The van der Waals surface area contributed by atoms with Gasteiger partial charge in [0, 0.05) is 6.20 Å². The molecule has 0 aliphatic heterocycles. The molecule has 1 rings (SSSR count). The maximum atomic E-state index is 11.5. The molecule has 3 N–H and O–H groups in total. The SMILES string of the molecule is C#CC(C)NC(=O)c1ncccc1N. The van der Waals surface area contributed by atoms with Gasteiger partial charge in [0.05, 0.1) is 11.7 Å². The summed E-state index contributed by atoms with van der Waals surface area (Å²) in [6.07, 6.45) is 6.63. The summed E-state index contributed by atoms with van der Waals surface area (Å²) < 4.78 is 0. The van der Waals surface area contributed by atoms with Gasteiger partial charge >= 0.3 is 0 Å². The Bertz CT molecular complexity index is 381. The Hall–Kier alpha value is -2.02. The van der Waals surface area contributed by atoms with Gasteiger partial charge in [0.15, 0.2) is 5.69 Å². The molecule has 1 heterocycles. The first-order valence-electron chi connectivity index (χ1n) is 4.12. The number of terminal acetylenes is 1. The lowest BCUT2D eigenvalue weighted by atomic mass is 10.2. The average Bonchev–Trinajstić information content (AvgIpc) is 2.18. The number of carbonyl (C=O) groups excluding carboxylic acids is 1. The largest absolute Gasteiger partial charge is 0.397 e. The Morgan fingerprint density at radius 2 is 2.50 bits per heavy atom. The Labute approximate surface area is 82.5 Å². The highest BCUT2D eigenvalue weighted by atomic mass is 16.1. The van der Waals surface area contributed by atoms with Gasteiger partial charge in [-0.15, -0.1) is 6.42 Å². The molecular weight excluding hydrogens is 178 g/mol. The molecule has 0 aliphatic carbocycles. The topological polar surface area (TPSA) is 68.0 Å². The Morgan fingerprint density at radius 3 is 3.07 bits per heavy atom. The highest BCUT2D eigenvalue weighted by Gasteiger charge is 2.11. The minimum absolute atomic E-state index is 0.203. The van der Waals surface area contributed by atoms with E-state index in [0.717, 1.165) is 0 Å². The number of nitrogen functional groups attached to an aromatic ring is 1. The summed E-state index contributed by atoms with van der Waals surface area (Å²) in [5.74, 6) is 2.03. The van der Waals surface area contributed by atoms with Crippen LogP contribution in [0, 0.1) is 12.3 Å². The highest BCUT2D eigenvalue weighted by Crippen LogP contribution is 2.06. The number of anilines is 1. The third-order valence-corrected chi connectivity index (χ3v) is 1.65. The second-order valence-electron chi connectivity index (χ2n) is 2.80. The van der Waals surface area contributed by atoms with Crippen LogP contribution in [0.4, 0.5) is 5.69 Å². The fourth-order valence-corrected chi connectivity index (χ4v) is 0.914. The maximum absolute atomic E-state index is 11.5. The van der Waals surface area contributed by atoms with Crippen LogP contribution >= 0.6 is 0 Å². The zero-order chi connectivity index (χ0) is 10.6. The molecule has 14 heavy (non-hydrogen) atoms. The Kier molecular flexibility index (Phi) is 3.08. The standard InChI is InChI=1S/C10H11N3O/c1-3-7(2)13-10(14)9-8(11)5-4-6-12-9/h1,4-7H,11H2,2H3,(H,13,14). The van der Waals surface area contributed by atoms with Crippen LogP contribution in [0.1, 0.15) is 17.4 Å². The summed E-state index contributed by atoms with van der Waals surface area (Å²) in [5, 5.41) is 2.57. The molecule has 0 saturated heterocycles. The normalized spacial score (nSPS) is 11.4. The van der Waals surface area contributed by atoms with Crippen LogP contribution in [-0.2, 0) is 0 Å². The Morgan fingerprint density at radius 1 is 1.79 bits per heavy atom. The van der Waals surface area contributed by atoms with E-state index in [1.807, 2.05) is 0 Å². The van der Waals surface area contributed by atoms with Gasteiger partial charge in [-0.1, -0.05) is 5.92 Å². The lowest BCUT2D eigenvalue weighted by molar-refractivity contribution is 0.0944. The van der Waals surface area contributed by atoms with Crippen LogP contribution in [0.2, 0.25) is 0 Å². The molecule has 72 valence electrons. The first kappa shape index (κ1) is 10.1. The zero-order valence-corrected chi connectivity index (χ0v) is 7.82. The Balaban J connectivity index is 2.81. The highest BCUT2D eigenvalue weighted by molar-refractivity contribution is 5.97. The van der Waals surface area contributed by atoms with Crippen molar-refractivity contribution in [1.82, 2.24) is 10.3 Å². The van der Waals surface area contributed by atoms with Crippen LogP contribution in [0.3, 0.4) is 0 Å². The quantitative estimate of drug-likeness (QED) is 0.662. The van der Waals surface area contributed by atoms with Crippen molar-refractivity contribution in [3.63, 3.8) is 0 Å². The first-order valence-corrected chi connectivity index (χ1v) is 4.12. The van der Waals surface area contributed by atoms with Gasteiger partial charge in [-0.25, -0.2) is 4.98 Å². The van der Waals surface area contributed by atoms with E-state index in [9.17, 15) is 4.79 Å². The van der Waals surface area contributed by atoms with Crippen molar-refractivity contribution in [2.75, 3.05) is 5.73 Å². The van der Waals surface area contributed by atoms with Crippen molar-refractivity contribution in [3.05, 3.63) is 24.0 Å². The third kappa shape index (κ3) is 2.23. The van der Waals surface area contributed by atoms with E-state index in [-0.39, 0.29) is 17.6 Å². The molecule has 0 bridgehead atoms. The van der Waals surface area contributed by atoms with Crippen LogP contribution in [-0.4, -0.2) is 16.9 Å². The minimum atomic E-state index is -0.353. The van der Waals surface area contributed by atoms with Crippen molar-refractivity contribution in [3.8, 4) is 12.3 Å². The number of nitrogens with two attached hydrogens (primary N) is 1. The number of nitrogens with one attached hydrogen (secondary N) is 1. The van der Waals surface area contributed by atoms with Crippen molar-refractivity contribution in [1.29, 1.82) is 0 Å². The molecule has 1 amide bonds. The number of aromatic nitrogens is 1. The number of rotatable bonds is 2. The predicted molar refractivity (Wildman–Crippen MR) is 54.4 cm³/mol. The van der Waals surface area contributed by atoms with E-state index >= 15 is 0 Å². The van der Waals surface area contributed by atoms with Crippen LogP contribution in [0.5, 0.6) is 0 Å². The summed E-state index contributed by atoms with van der Waals surface area (Å²) in [4.78, 5) is 15.3. The molecule has 0 aliphatic rings. The number of hydrogen-bond donors (Lipinski definition) is 2. The predicted octanol–water partition coefficient (Wildman–Crippen LogP) is 0.415. The minimum Gasteiger partial charge on any atom is -0.397 e. The van der Waals surface area contributed by atoms with E-state index < -0.39 is 0 Å². The third-order valence-electron chi connectivity index (χ3n) is 1.65. The smallest absolute Gasteiger partial charge is 0.272 e. The number of hydrogen-bond acceptors (Lipinski definition) is 3. The van der Waals surface area contributed by atoms with Crippen LogP contribution in [0.25, 0.3) is 0 Å². The average molecular weight is 189 g/mol. The van der Waals surface area contributed by atoms with Crippen molar-refractivity contribution in [2.24, 2.45) is 0 Å². The first-order chi connectivity index (χ1) is 6.65. The molecule has 1 atom stereocenters.